The lowest BCUT2D eigenvalue weighted by Crippen LogP contribution is -2.32. The third-order valence-corrected chi connectivity index (χ3v) is 1.24. The van der Waals surface area contributed by atoms with Crippen molar-refractivity contribution in [3.8, 4) is 5.75 Å². The van der Waals surface area contributed by atoms with E-state index in [0.29, 0.717) is 11.7 Å². The largest absolute Gasteiger partial charge is 0.491 e. The van der Waals surface area contributed by atoms with Crippen LogP contribution in [-0.2, 0) is 7.05 Å². The highest BCUT2D eigenvalue weighted by Gasteiger charge is 2.02. The van der Waals surface area contributed by atoms with E-state index < -0.39 is 0 Å². The van der Waals surface area contributed by atoms with Gasteiger partial charge in [0.1, 0.15) is 6.20 Å². The van der Waals surface area contributed by atoms with E-state index >= 15 is 0 Å². The van der Waals surface area contributed by atoms with Gasteiger partial charge in [0.25, 0.3) is 0 Å². The van der Waals surface area contributed by atoms with Gasteiger partial charge in [-0.25, -0.2) is 4.57 Å². The van der Waals surface area contributed by atoms with Crippen LogP contribution in [0.1, 0.15) is 0 Å². The van der Waals surface area contributed by atoms with Gasteiger partial charge in [0, 0.05) is 0 Å². The molecule has 54 valence electrons. The SMILES string of the molecule is COc1cnc(N)[n+](C)c1. The molecule has 0 fully saturated rings. The maximum absolute atomic E-state index is 5.44. The number of methoxy groups -OCH3 is 1. The van der Waals surface area contributed by atoms with Crippen LogP contribution < -0.4 is 15.0 Å². The standard InChI is InChI=1S/C6H9N3O/c1-9-4-5(10-2)3-8-6(9)7/h3-4,7H,1-2H3/p+1. The van der Waals surface area contributed by atoms with Gasteiger partial charge in [-0.3, -0.25) is 5.73 Å². The molecule has 10 heavy (non-hydrogen) atoms. The van der Waals surface area contributed by atoms with Gasteiger partial charge in [-0.05, 0) is 0 Å². The van der Waals surface area contributed by atoms with Gasteiger partial charge in [0.2, 0.25) is 0 Å². The van der Waals surface area contributed by atoms with Gasteiger partial charge < -0.3 is 4.74 Å². The Balaban J connectivity index is 3.04. The van der Waals surface area contributed by atoms with Gasteiger partial charge in [-0.15, -0.1) is 0 Å². The van der Waals surface area contributed by atoms with Crippen molar-refractivity contribution in [3.63, 3.8) is 0 Å². The summed E-state index contributed by atoms with van der Waals surface area (Å²) in [6.07, 6.45) is 3.34. The number of hydrogen-bond donors (Lipinski definition) is 1. The lowest BCUT2D eigenvalue weighted by atomic mass is 10.6. The van der Waals surface area contributed by atoms with Crippen LogP contribution in [0.5, 0.6) is 5.75 Å². The minimum Gasteiger partial charge on any atom is -0.491 e. The summed E-state index contributed by atoms with van der Waals surface area (Å²) >= 11 is 0. The molecule has 0 amide bonds. The number of nitrogens with zero attached hydrogens (tertiary/aromatic N) is 2. The predicted octanol–water partition coefficient (Wildman–Crippen LogP) is -0.503. The van der Waals surface area contributed by atoms with Gasteiger partial charge in [-0.1, -0.05) is 4.98 Å². The fourth-order valence-electron chi connectivity index (χ4n) is 0.617. The van der Waals surface area contributed by atoms with Crippen molar-refractivity contribution in [3.05, 3.63) is 12.4 Å². The second kappa shape index (κ2) is 2.51. The van der Waals surface area contributed by atoms with Crippen LogP contribution >= 0.6 is 0 Å². The summed E-state index contributed by atoms with van der Waals surface area (Å²) in [6, 6.07) is 0. The maximum Gasteiger partial charge on any atom is 0.389 e. The molecule has 1 aromatic rings. The molecular weight excluding hydrogens is 130 g/mol. The van der Waals surface area contributed by atoms with Crippen LogP contribution in [0, 0.1) is 0 Å². The number of aromatic nitrogens is 2. The Hall–Kier alpha value is -1.32. The molecule has 0 aliphatic carbocycles. The molecule has 1 heterocycles. The normalized spacial score (nSPS) is 9.40. The van der Waals surface area contributed by atoms with Crippen LogP contribution in [0.4, 0.5) is 5.95 Å². The van der Waals surface area contributed by atoms with E-state index in [0.717, 1.165) is 0 Å². The fourth-order valence-corrected chi connectivity index (χ4v) is 0.617. The second-order valence-electron chi connectivity index (χ2n) is 1.96. The molecule has 0 saturated heterocycles. The third kappa shape index (κ3) is 1.15. The van der Waals surface area contributed by atoms with Crippen molar-refractivity contribution in [2.45, 2.75) is 0 Å². The molecule has 0 radical (unpaired) electrons. The molecule has 0 aliphatic rings. The smallest absolute Gasteiger partial charge is 0.389 e. The van der Waals surface area contributed by atoms with Gasteiger partial charge in [0.15, 0.2) is 11.9 Å². The summed E-state index contributed by atoms with van der Waals surface area (Å²) in [5, 5.41) is 0. The number of aryl methyl sites for hydroxylation is 1. The Morgan fingerprint density at radius 2 is 2.40 bits per heavy atom. The number of nitrogens with two attached hydrogens (primary N) is 1. The Morgan fingerprint density at radius 1 is 1.70 bits per heavy atom. The van der Waals surface area contributed by atoms with Crippen LogP contribution in [0.2, 0.25) is 0 Å². The number of nitrogen functional groups attached to an aromatic ring is 1. The van der Waals surface area contributed by atoms with Gasteiger partial charge >= 0.3 is 5.95 Å². The molecule has 1 aromatic heterocycles. The second-order valence-corrected chi connectivity index (χ2v) is 1.96. The molecular formula is C6H10N3O+. The van der Waals surface area contributed by atoms with Crippen molar-refractivity contribution < 1.29 is 9.30 Å². The zero-order valence-electron chi connectivity index (χ0n) is 6.03. The van der Waals surface area contributed by atoms with E-state index in [1.807, 2.05) is 7.05 Å². The lowest BCUT2D eigenvalue weighted by Gasteiger charge is -1.97. The first kappa shape index (κ1) is 6.80. The highest BCUT2D eigenvalue weighted by molar-refractivity contribution is 5.14. The van der Waals surface area contributed by atoms with Crippen molar-refractivity contribution in [1.82, 2.24) is 4.98 Å². The van der Waals surface area contributed by atoms with E-state index in [4.69, 9.17) is 10.5 Å². The fraction of sp³-hybridized carbons (Fsp3) is 0.333. The summed E-state index contributed by atoms with van der Waals surface area (Å²) in [7, 11) is 3.40. The Bertz CT molecular complexity index is 236. The molecule has 0 aliphatic heterocycles. The van der Waals surface area contributed by atoms with Crippen LogP contribution in [0.3, 0.4) is 0 Å². The van der Waals surface area contributed by atoms with Gasteiger partial charge in [0.05, 0.1) is 14.2 Å². The zero-order chi connectivity index (χ0) is 7.56. The first-order valence-electron chi connectivity index (χ1n) is 2.89. The zero-order valence-corrected chi connectivity index (χ0v) is 6.03. The quantitative estimate of drug-likeness (QED) is 0.535. The van der Waals surface area contributed by atoms with E-state index in [1.54, 1.807) is 24.1 Å². The summed E-state index contributed by atoms with van der Waals surface area (Å²) in [5.41, 5.74) is 5.44. The summed E-state index contributed by atoms with van der Waals surface area (Å²) < 4.78 is 6.60. The monoisotopic (exact) mass is 140 g/mol. The number of rotatable bonds is 1. The highest BCUT2D eigenvalue weighted by Crippen LogP contribution is 2.02. The molecule has 0 atom stereocenters. The average Bonchev–Trinajstić information content (AvgIpc) is 1.95. The minimum atomic E-state index is 0.473. The summed E-state index contributed by atoms with van der Waals surface area (Å²) in [4.78, 5) is 3.87. The number of anilines is 1. The Kier molecular flexibility index (Phi) is 1.71. The van der Waals surface area contributed by atoms with Crippen molar-refractivity contribution >= 4 is 5.95 Å². The van der Waals surface area contributed by atoms with E-state index in [1.165, 1.54) is 0 Å². The van der Waals surface area contributed by atoms with Gasteiger partial charge in [-0.2, -0.15) is 0 Å². The molecule has 4 nitrogen and oxygen atoms in total. The lowest BCUT2D eigenvalue weighted by molar-refractivity contribution is -0.659. The summed E-state index contributed by atoms with van der Waals surface area (Å²) in [5.74, 6) is 1.18. The number of hydrogen-bond acceptors (Lipinski definition) is 3. The summed E-state index contributed by atoms with van der Waals surface area (Å²) in [6.45, 7) is 0. The Morgan fingerprint density at radius 3 is 2.90 bits per heavy atom. The van der Waals surface area contributed by atoms with Crippen molar-refractivity contribution in [2.24, 2.45) is 7.05 Å². The minimum absolute atomic E-state index is 0.473. The number of ether oxygens (including phenoxy) is 1. The molecule has 0 spiro atoms. The van der Waals surface area contributed by atoms with Crippen LogP contribution in [0.15, 0.2) is 12.4 Å². The first-order valence-corrected chi connectivity index (χ1v) is 2.89. The van der Waals surface area contributed by atoms with Crippen molar-refractivity contribution in [2.75, 3.05) is 12.8 Å². The Labute approximate surface area is 59.3 Å². The molecule has 0 bridgehead atoms. The molecule has 0 aromatic carbocycles. The van der Waals surface area contributed by atoms with E-state index in [2.05, 4.69) is 4.98 Å². The van der Waals surface area contributed by atoms with Crippen LogP contribution in [0.25, 0.3) is 0 Å². The average molecular weight is 140 g/mol. The van der Waals surface area contributed by atoms with Crippen molar-refractivity contribution in [1.29, 1.82) is 0 Å². The molecule has 1 rings (SSSR count). The molecule has 4 heteroatoms. The molecule has 0 unspecified atom stereocenters. The molecule has 0 saturated carbocycles. The predicted molar refractivity (Wildman–Crippen MR) is 36.4 cm³/mol. The highest BCUT2D eigenvalue weighted by atomic mass is 16.5. The maximum atomic E-state index is 5.44. The first-order chi connectivity index (χ1) is 4.74. The molecule has 2 N–H and O–H groups in total. The van der Waals surface area contributed by atoms with Crippen LogP contribution in [-0.4, -0.2) is 12.1 Å². The third-order valence-electron chi connectivity index (χ3n) is 1.24. The van der Waals surface area contributed by atoms with E-state index in [9.17, 15) is 0 Å². The van der Waals surface area contributed by atoms with E-state index in [-0.39, 0.29) is 0 Å². The topological polar surface area (TPSA) is 52.0 Å².